The van der Waals surface area contributed by atoms with Crippen molar-refractivity contribution >= 4 is 17.9 Å². The average molecular weight is 592 g/mol. The van der Waals surface area contributed by atoms with Crippen molar-refractivity contribution in [3.05, 3.63) is 79.7 Å². The quantitative estimate of drug-likeness (QED) is 0.116. The summed E-state index contributed by atoms with van der Waals surface area (Å²) in [5.41, 5.74) is -1.27. The fourth-order valence-electron chi connectivity index (χ4n) is 2.60. The molecule has 0 saturated heterocycles. The van der Waals surface area contributed by atoms with Crippen LogP contribution in [0.25, 0.3) is 0 Å². The molecule has 17 heteroatoms. The summed E-state index contributed by atoms with van der Waals surface area (Å²) >= 11 is 0. The lowest BCUT2D eigenvalue weighted by molar-refractivity contribution is -0.145. The van der Waals surface area contributed by atoms with Crippen LogP contribution in [0, 0.1) is 0 Å². The topological polar surface area (TPSA) is 167 Å². The van der Waals surface area contributed by atoms with Gasteiger partial charge in [0.15, 0.2) is 11.5 Å². The van der Waals surface area contributed by atoms with Gasteiger partial charge >= 0.3 is 30.1 Å². The smallest absolute Gasteiger partial charge is 0.420 e. The van der Waals surface area contributed by atoms with Gasteiger partial charge in [-0.15, -0.1) is 0 Å². The van der Waals surface area contributed by atoms with E-state index < -0.39 is 67.3 Å². The highest BCUT2D eigenvalue weighted by molar-refractivity contribution is 5.87. The van der Waals surface area contributed by atoms with Crippen molar-refractivity contribution in [3.8, 4) is 29.0 Å². The first-order chi connectivity index (χ1) is 20.1. The summed E-state index contributed by atoms with van der Waals surface area (Å²) in [4.78, 5) is 49.2. The van der Waals surface area contributed by atoms with E-state index in [0.717, 1.165) is 36.7 Å². The van der Waals surface area contributed by atoms with Crippen LogP contribution in [0.5, 0.6) is 29.0 Å². The normalized spacial score (nSPS) is 10.5. The Hall–Kier alpha value is -5.74. The number of halogens is 3. The molecule has 42 heavy (non-hydrogen) atoms. The van der Waals surface area contributed by atoms with Crippen molar-refractivity contribution in [2.45, 2.75) is 6.18 Å². The zero-order valence-corrected chi connectivity index (χ0v) is 21.2. The van der Waals surface area contributed by atoms with Crippen LogP contribution in [-0.4, -0.2) is 58.2 Å². The van der Waals surface area contributed by atoms with Crippen LogP contribution in [0.1, 0.15) is 16.2 Å². The predicted molar refractivity (Wildman–Crippen MR) is 130 cm³/mol. The summed E-state index contributed by atoms with van der Waals surface area (Å²) < 4.78 is 75.5. The molecule has 220 valence electrons. The minimum absolute atomic E-state index is 0.0349. The van der Waals surface area contributed by atoms with Crippen LogP contribution in [-0.2, 0) is 25.2 Å². The Kier molecular flexibility index (Phi) is 10.7. The largest absolute Gasteiger partial charge is 0.457 e. The van der Waals surface area contributed by atoms with Crippen LogP contribution in [0.4, 0.5) is 13.2 Å². The first-order valence-corrected chi connectivity index (χ1v) is 11.3. The van der Waals surface area contributed by atoms with Gasteiger partial charge in [-0.2, -0.15) is 23.1 Å². The lowest BCUT2D eigenvalue weighted by Gasteiger charge is -2.15. The van der Waals surface area contributed by atoms with Gasteiger partial charge in [-0.25, -0.2) is 24.4 Å². The number of nitrogens with zero attached hydrogens (tertiary/aromatic N) is 4. The number of rotatable bonds is 14. The molecule has 1 aromatic carbocycles. The summed E-state index contributed by atoms with van der Waals surface area (Å²) in [5, 5.41) is 0. The third kappa shape index (κ3) is 9.47. The van der Waals surface area contributed by atoms with E-state index in [-0.39, 0.29) is 17.5 Å². The van der Waals surface area contributed by atoms with Crippen LogP contribution in [0.15, 0.2) is 68.3 Å². The molecular weight excluding hydrogens is 573 g/mol. The van der Waals surface area contributed by atoms with Gasteiger partial charge in [0.25, 0.3) is 0 Å². The summed E-state index contributed by atoms with van der Waals surface area (Å²) in [6.07, 6.45) is 1.44. The van der Waals surface area contributed by atoms with Gasteiger partial charge in [-0.3, -0.25) is 0 Å². The van der Waals surface area contributed by atoms with E-state index in [1.54, 1.807) is 0 Å². The second-order valence-corrected chi connectivity index (χ2v) is 7.25. The van der Waals surface area contributed by atoms with Gasteiger partial charge in [0.2, 0.25) is 26.2 Å². The van der Waals surface area contributed by atoms with Gasteiger partial charge in [0, 0.05) is 12.2 Å². The number of alkyl halides is 3. The first kappa shape index (κ1) is 30.8. The molecule has 0 aliphatic heterocycles. The number of carbonyl (C=O) groups is 3. The molecule has 2 heterocycles. The van der Waals surface area contributed by atoms with Crippen LogP contribution in [0.3, 0.4) is 0 Å². The molecule has 0 N–H and O–H groups in total. The van der Waals surface area contributed by atoms with E-state index in [1.165, 1.54) is 12.4 Å². The number of ether oxygens (including phenoxy) is 7. The molecule has 0 unspecified atom stereocenters. The molecular formula is C25H19F3N4O10. The Morgan fingerprint density at radius 2 is 1.29 bits per heavy atom. The third-order valence-corrected chi connectivity index (χ3v) is 4.47. The van der Waals surface area contributed by atoms with Crippen molar-refractivity contribution in [2.75, 3.05) is 20.4 Å². The molecule has 0 bridgehead atoms. The predicted octanol–water partition coefficient (Wildman–Crippen LogP) is 3.05. The van der Waals surface area contributed by atoms with Gasteiger partial charge in [0.05, 0.1) is 24.8 Å². The number of aromatic nitrogens is 4. The van der Waals surface area contributed by atoms with E-state index in [1.807, 2.05) is 0 Å². The van der Waals surface area contributed by atoms with E-state index in [2.05, 4.69) is 42.6 Å². The minimum Gasteiger partial charge on any atom is -0.457 e. The summed E-state index contributed by atoms with van der Waals surface area (Å²) in [7, 11) is 0. The molecule has 0 spiro atoms. The zero-order chi connectivity index (χ0) is 30.5. The molecule has 0 aliphatic carbocycles. The fraction of sp³-hybridized carbons (Fsp3) is 0.160. The average Bonchev–Trinajstić information content (AvgIpc) is 2.98. The highest BCUT2D eigenvalue weighted by atomic mass is 19.4. The zero-order valence-electron chi connectivity index (χ0n) is 21.2. The standard InChI is InChI=1S/C25H19F3N4O10/c1-3-20(33)39-12-36-16-8-29-22(30-9-16)23(35)42-15-5-6-19(18(7-15)25(26,27)28)38-14-41-24-31-10-17(11-32-24)37-13-40-21(34)4-2/h3-11H,1-2,12-14H2. The van der Waals surface area contributed by atoms with E-state index >= 15 is 0 Å². The van der Waals surface area contributed by atoms with Crippen molar-refractivity contribution in [1.29, 1.82) is 0 Å². The highest BCUT2D eigenvalue weighted by Gasteiger charge is 2.35. The number of benzene rings is 1. The van der Waals surface area contributed by atoms with Crippen molar-refractivity contribution in [1.82, 2.24) is 19.9 Å². The maximum Gasteiger partial charge on any atom is 0.420 e. The van der Waals surface area contributed by atoms with Gasteiger partial charge in [-0.1, -0.05) is 13.2 Å². The number of carbonyl (C=O) groups excluding carboxylic acids is 3. The Balaban J connectivity index is 1.56. The van der Waals surface area contributed by atoms with Gasteiger partial charge < -0.3 is 33.2 Å². The van der Waals surface area contributed by atoms with E-state index in [9.17, 15) is 27.6 Å². The van der Waals surface area contributed by atoms with Crippen molar-refractivity contribution < 1.29 is 60.7 Å². The Labute approximate surface area is 234 Å². The summed E-state index contributed by atoms with van der Waals surface area (Å²) in [6, 6.07) is 2.26. The summed E-state index contributed by atoms with van der Waals surface area (Å²) in [6.45, 7) is 4.83. The van der Waals surface area contributed by atoms with Crippen molar-refractivity contribution in [3.63, 3.8) is 0 Å². The Bertz CT molecular complexity index is 1420. The van der Waals surface area contributed by atoms with E-state index in [4.69, 9.17) is 23.7 Å². The van der Waals surface area contributed by atoms with Gasteiger partial charge in [0.1, 0.15) is 17.1 Å². The molecule has 3 aromatic rings. The van der Waals surface area contributed by atoms with Crippen LogP contribution in [0.2, 0.25) is 0 Å². The van der Waals surface area contributed by atoms with E-state index in [0.29, 0.717) is 6.07 Å². The first-order valence-electron chi connectivity index (χ1n) is 11.3. The van der Waals surface area contributed by atoms with Crippen LogP contribution < -0.4 is 23.7 Å². The SMILES string of the molecule is C=CC(=O)OCOc1cnc(OCOc2ccc(OC(=O)c3ncc(OCOC(=O)C=C)cn3)cc2C(F)(F)F)nc1. The lowest BCUT2D eigenvalue weighted by atomic mass is 10.2. The molecule has 0 fully saturated rings. The highest BCUT2D eigenvalue weighted by Crippen LogP contribution is 2.38. The minimum atomic E-state index is -4.90. The summed E-state index contributed by atoms with van der Waals surface area (Å²) in [5.74, 6) is -4.03. The molecule has 0 saturated carbocycles. The fourth-order valence-corrected chi connectivity index (χ4v) is 2.60. The molecule has 3 rings (SSSR count). The molecule has 0 radical (unpaired) electrons. The molecule has 0 amide bonds. The third-order valence-electron chi connectivity index (χ3n) is 4.47. The monoisotopic (exact) mass is 592 g/mol. The maximum absolute atomic E-state index is 13.7. The second kappa shape index (κ2) is 14.6. The van der Waals surface area contributed by atoms with Crippen molar-refractivity contribution in [2.24, 2.45) is 0 Å². The Morgan fingerprint density at radius 3 is 1.81 bits per heavy atom. The lowest BCUT2D eigenvalue weighted by Crippen LogP contribution is -2.15. The number of esters is 3. The number of hydrogen-bond donors (Lipinski definition) is 0. The molecule has 0 atom stereocenters. The second-order valence-electron chi connectivity index (χ2n) is 7.25. The Morgan fingerprint density at radius 1 is 0.738 bits per heavy atom. The molecule has 2 aromatic heterocycles. The maximum atomic E-state index is 13.7. The van der Waals surface area contributed by atoms with Crippen LogP contribution >= 0.6 is 0 Å². The van der Waals surface area contributed by atoms with Gasteiger partial charge in [-0.05, 0) is 18.2 Å². The molecule has 14 nitrogen and oxygen atoms in total. The molecule has 0 aliphatic rings. The number of hydrogen-bond acceptors (Lipinski definition) is 14.